The zero-order valence-corrected chi connectivity index (χ0v) is 12.0. The second kappa shape index (κ2) is 5.44. The number of sulfonamides is 1. The van der Waals surface area contributed by atoms with Gasteiger partial charge in [-0.2, -0.15) is 0 Å². The van der Waals surface area contributed by atoms with Crippen molar-refractivity contribution in [3.63, 3.8) is 0 Å². The first-order valence-electron chi connectivity index (χ1n) is 5.71. The standard InChI is InChI=1S/C12H12N2O6S/c1-7-5-11(13-20-7)14-21(17,18)8-3-4-10(15)9(6-8)12(16)19-2/h3-6,15H,1-2H3,(H,13,14). The number of phenolic OH excluding ortho intramolecular Hbond substituents is 1. The molecule has 21 heavy (non-hydrogen) atoms. The van der Waals surface area contributed by atoms with Crippen LogP contribution in [0.3, 0.4) is 0 Å². The number of hydrogen-bond donors (Lipinski definition) is 2. The average molecular weight is 312 g/mol. The van der Waals surface area contributed by atoms with Crippen LogP contribution in [-0.4, -0.2) is 31.8 Å². The zero-order chi connectivity index (χ0) is 15.6. The number of aromatic hydroxyl groups is 1. The van der Waals surface area contributed by atoms with Gasteiger partial charge in [0.15, 0.2) is 5.82 Å². The highest BCUT2D eigenvalue weighted by molar-refractivity contribution is 7.92. The Labute approximate surface area is 120 Å². The third-order valence-corrected chi connectivity index (χ3v) is 3.90. The molecular weight excluding hydrogens is 300 g/mol. The summed E-state index contributed by atoms with van der Waals surface area (Å²) in [6.07, 6.45) is 0. The van der Waals surface area contributed by atoms with Crippen molar-refractivity contribution < 1.29 is 27.6 Å². The number of carbonyl (C=O) groups is 1. The summed E-state index contributed by atoms with van der Waals surface area (Å²) in [4.78, 5) is 11.2. The van der Waals surface area contributed by atoms with Crippen molar-refractivity contribution in [2.24, 2.45) is 0 Å². The topological polar surface area (TPSA) is 119 Å². The number of anilines is 1. The summed E-state index contributed by atoms with van der Waals surface area (Å²) in [5, 5.41) is 13.1. The minimum Gasteiger partial charge on any atom is -0.507 e. The van der Waals surface area contributed by atoms with Crippen molar-refractivity contribution in [1.29, 1.82) is 0 Å². The number of nitrogens with one attached hydrogen (secondary N) is 1. The molecule has 0 atom stereocenters. The van der Waals surface area contributed by atoms with Gasteiger partial charge in [-0.25, -0.2) is 13.2 Å². The molecule has 0 spiro atoms. The Balaban J connectivity index is 2.38. The molecule has 0 aliphatic carbocycles. The smallest absolute Gasteiger partial charge is 0.341 e. The van der Waals surface area contributed by atoms with Gasteiger partial charge in [0.25, 0.3) is 10.0 Å². The van der Waals surface area contributed by atoms with E-state index in [-0.39, 0.29) is 22.0 Å². The lowest BCUT2D eigenvalue weighted by molar-refractivity contribution is 0.0597. The van der Waals surface area contributed by atoms with Crippen LogP contribution in [0.25, 0.3) is 0 Å². The summed E-state index contributed by atoms with van der Waals surface area (Å²) in [5.74, 6) is -0.770. The van der Waals surface area contributed by atoms with Gasteiger partial charge in [-0.3, -0.25) is 4.72 Å². The lowest BCUT2D eigenvalue weighted by atomic mass is 10.2. The van der Waals surface area contributed by atoms with E-state index in [1.165, 1.54) is 6.07 Å². The molecule has 9 heteroatoms. The average Bonchev–Trinajstić information content (AvgIpc) is 2.82. The van der Waals surface area contributed by atoms with Crippen LogP contribution in [0.15, 0.2) is 33.7 Å². The van der Waals surface area contributed by atoms with Crippen LogP contribution in [0.1, 0.15) is 16.1 Å². The van der Waals surface area contributed by atoms with Gasteiger partial charge in [-0.1, -0.05) is 5.16 Å². The quantitative estimate of drug-likeness (QED) is 0.816. The van der Waals surface area contributed by atoms with Crippen LogP contribution in [-0.2, 0) is 14.8 Å². The number of nitrogens with zero attached hydrogens (tertiary/aromatic N) is 1. The van der Waals surface area contributed by atoms with Crippen molar-refractivity contribution >= 4 is 21.8 Å². The van der Waals surface area contributed by atoms with Gasteiger partial charge in [0, 0.05) is 6.07 Å². The second-order valence-corrected chi connectivity index (χ2v) is 5.78. The van der Waals surface area contributed by atoms with E-state index in [0.717, 1.165) is 25.3 Å². The molecule has 1 aromatic carbocycles. The molecule has 0 bridgehead atoms. The Morgan fingerprint density at radius 2 is 2.10 bits per heavy atom. The summed E-state index contributed by atoms with van der Waals surface area (Å²) >= 11 is 0. The molecule has 0 fully saturated rings. The Kier molecular flexibility index (Phi) is 3.85. The van der Waals surface area contributed by atoms with Gasteiger partial charge in [-0.05, 0) is 25.1 Å². The minimum atomic E-state index is -3.97. The number of hydrogen-bond acceptors (Lipinski definition) is 7. The Morgan fingerprint density at radius 3 is 2.67 bits per heavy atom. The number of aromatic nitrogens is 1. The van der Waals surface area contributed by atoms with E-state index < -0.39 is 16.0 Å². The third kappa shape index (κ3) is 3.14. The lowest BCUT2D eigenvalue weighted by Gasteiger charge is -2.07. The van der Waals surface area contributed by atoms with Crippen LogP contribution in [0.5, 0.6) is 5.75 Å². The number of esters is 1. The lowest BCUT2D eigenvalue weighted by Crippen LogP contribution is -2.14. The fourth-order valence-electron chi connectivity index (χ4n) is 1.57. The number of ether oxygens (including phenoxy) is 1. The molecule has 0 saturated heterocycles. The molecule has 2 N–H and O–H groups in total. The number of methoxy groups -OCH3 is 1. The highest BCUT2D eigenvalue weighted by atomic mass is 32.2. The van der Waals surface area contributed by atoms with Gasteiger partial charge in [0.05, 0.1) is 12.0 Å². The molecule has 0 unspecified atom stereocenters. The van der Waals surface area contributed by atoms with E-state index >= 15 is 0 Å². The molecule has 2 aromatic rings. The maximum atomic E-state index is 12.2. The van der Waals surface area contributed by atoms with Crippen LogP contribution in [0.2, 0.25) is 0 Å². The van der Waals surface area contributed by atoms with E-state index in [1.54, 1.807) is 6.92 Å². The molecule has 8 nitrogen and oxygen atoms in total. The van der Waals surface area contributed by atoms with E-state index in [0.29, 0.717) is 5.76 Å². The fraction of sp³-hybridized carbons (Fsp3) is 0.167. The van der Waals surface area contributed by atoms with Gasteiger partial charge >= 0.3 is 5.97 Å². The van der Waals surface area contributed by atoms with E-state index in [9.17, 15) is 18.3 Å². The maximum Gasteiger partial charge on any atom is 0.341 e. The monoisotopic (exact) mass is 312 g/mol. The first-order valence-corrected chi connectivity index (χ1v) is 7.19. The van der Waals surface area contributed by atoms with Gasteiger partial charge in [-0.15, -0.1) is 0 Å². The molecule has 1 aromatic heterocycles. The molecule has 0 radical (unpaired) electrons. The number of carbonyl (C=O) groups excluding carboxylic acids is 1. The first-order chi connectivity index (χ1) is 9.83. The van der Waals surface area contributed by atoms with Crippen LogP contribution >= 0.6 is 0 Å². The summed E-state index contributed by atoms with van der Waals surface area (Å²) in [6.45, 7) is 1.61. The number of rotatable bonds is 4. The van der Waals surface area contributed by atoms with E-state index in [4.69, 9.17) is 4.52 Å². The summed E-state index contributed by atoms with van der Waals surface area (Å²) in [5.41, 5.74) is -0.253. The zero-order valence-electron chi connectivity index (χ0n) is 11.2. The Hall–Kier alpha value is -2.55. The van der Waals surface area contributed by atoms with Crippen LogP contribution < -0.4 is 4.72 Å². The normalized spacial score (nSPS) is 11.1. The largest absolute Gasteiger partial charge is 0.507 e. The van der Waals surface area contributed by atoms with E-state index in [2.05, 4.69) is 14.6 Å². The molecule has 1 heterocycles. The number of aryl methyl sites for hydroxylation is 1. The van der Waals surface area contributed by atoms with Crippen LogP contribution in [0.4, 0.5) is 5.82 Å². The Bertz CT molecular complexity index is 781. The Morgan fingerprint density at radius 1 is 1.38 bits per heavy atom. The first kappa shape index (κ1) is 14.9. The summed E-state index contributed by atoms with van der Waals surface area (Å²) in [7, 11) is -2.85. The number of benzene rings is 1. The molecule has 0 aliphatic heterocycles. The molecule has 2 rings (SSSR count). The molecular formula is C12H12N2O6S. The summed E-state index contributed by atoms with van der Waals surface area (Å²) in [6, 6.07) is 4.65. The predicted octanol–water partition coefficient (Wildman–Crippen LogP) is 1.28. The summed E-state index contributed by atoms with van der Waals surface area (Å²) < 4.78 is 35.7. The predicted molar refractivity (Wildman–Crippen MR) is 71.5 cm³/mol. The van der Waals surface area contributed by atoms with Crippen LogP contribution in [0, 0.1) is 6.92 Å². The van der Waals surface area contributed by atoms with Crippen molar-refractivity contribution in [2.45, 2.75) is 11.8 Å². The van der Waals surface area contributed by atoms with Crippen molar-refractivity contribution in [3.8, 4) is 5.75 Å². The molecule has 0 amide bonds. The maximum absolute atomic E-state index is 12.2. The van der Waals surface area contributed by atoms with Crippen molar-refractivity contribution in [1.82, 2.24) is 5.16 Å². The van der Waals surface area contributed by atoms with Gasteiger partial charge in [0.2, 0.25) is 0 Å². The van der Waals surface area contributed by atoms with Crippen molar-refractivity contribution in [2.75, 3.05) is 11.8 Å². The highest BCUT2D eigenvalue weighted by Crippen LogP contribution is 2.23. The third-order valence-electron chi connectivity index (χ3n) is 2.55. The van der Waals surface area contributed by atoms with E-state index in [1.807, 2.05) is 0 Å². The molecule has 0 aliphatic rings. The fourth-order valence-corrected chi connectivity index (χ4v) is 2.58. The van der Waals surface area contributed by atoms with Gasteiger partial charge < -0.3 is 14.4 Å². The van der Waals surface area contributed by atoms with Gasteiger partial charge in [0.1, 0.15) is 17.1 Å². The SMILES string of the molecule is COC(=O)c1cc(S(=O)(=O)Nc2cc(C)on2)ccc1O. The highest BCUT2D eigenvalue weighted by Gasteiger charge is 2.20. The molecule has 0 saturated carbocycles. The molecule has 112 valence electrons. The number of phenols is 1. The minimum absolute atomic E-state index is 0.0141. The second-order valence-electron chi connectivity index (χ2n) is 4.10. The van der Waals surface area contributed by atoms with Crippen molar-refractivity contribution in [3.05, 3.63) is 35.6 Å².